The van der Waals surface area contributed by atoms with Crippen LogP contribution in [0.15, 0.2) is 47.0 Å². The van der Waals surface area contributed by atoms with Crippen molar-refractivity contribution in [3.8, 4) is 28.6 Å². The Labute approximate surface area is 217 Å². The fourth-order valence-corrected chi connectivity index (χ4v) is 4.01. The van der Waals surface area contributed by atoms with Gasteiger partial charge in [0.15, 0.2) is 11.4 Å². The third-order valence-electron chi connectivity index (χ3n) is 5.94. The summed E-state index contributed by atoms with van der Waals surface area (Å²) in [7, 11) is 1.51. The SMILES string of the molecule is COc1ccc(F)c(-c2onc(COc3cccc([C@@H](CC(=O)O)C4CC4)c3)c2OCC(C)C)c1.S. The Balaban J connectivity index is 0.00000361. The van der Waals surface area contributed by atoms with Gasteiger partial charge in [-0.05, 0) is 66.5 Å². The topological polar surface area (TPSA) is 91.0 Å². The molecule has 194 valence electrons. The van der Waals surface area contributed by atoms with Crippen LogP contribution in [0, 0.1) is 17.7 Å². The number of carbonyl (C=O) groups is 1. The maximum atomic E-state index is 14.6. The van der Waals surface area contributed by atoms with Crippen LogP contribution >= 0.6 is 13.5 Å². The summed E-state index contributed by atoms with van der Waals surface area (Å²) in [4.78, 5) is 11.3. The predicted molar refractivity (Wildman–Crippen MR) is 138 cm³/mol. The largest absolute Gasteiger partial charge is 0.497 e. The van der Waals surface area contributed by atoms with Crippen LogP contribution in [0.3, 0.4) is 0 Å². The smallest absolute Gasteiger partial charge is 0.303 e. The van der Waals surface area contributed by atoms with Gasteiger partial charge in [0, 0.05) is 0 Å². The number of ether oxygens (including phenoxy) is 3. The first-order valence-corrected chi connectivity index (χ1v) is 11.8. The summed E-state index contributed by atoms with van der Waals surface area (Å²) in [6.07, 6.45) is 2.18. The Morgan fingerprint density at radius 2 is 1.94 bits per heavy atom. The molecule has 1 heterocycles. The van der Waals surface area contributed by atoms with Gasteiger partial charge in [0.1, 0.15) is 23.9 Å². The average Bonchev–Trinajstić information content (AvgIpc) is 3.60. The lowest BCUT2D eigenvalue weighted by atomic mass is 9.91. The van der Waals surface area contributed by atoms with Gasteiger partial charge in [-0.1, -0.05) is 31.1 Å². The van der Waals surface area contributed by atoms with Crippen molar-refractivity contribution in [3.63, 3.8) is 0 Å². The molecule has 1 N–H and O–H groups in total. The minimum Gasteiger partial charge on any atom is -0.497 e. The first-order valence-electron chi connectivity index (χ1n) is 11.8. The molecular formula is C27H32FNO6S. The third kappa shape index (κ3) is 6.72. The lowest BCUT2D eigenvalue weighted by Crippen LogP contribution is -2.09. The predicted octanol–water partition coefficient (Wildman–Crippen LogP) is 6.18. The van der Waals surface area contributed by atoms with Crippen molar-refractivity contribution in [2.24, 2.45) is 11.8 Å². The summed E-state index contributed by atoms with van der Waals surface area (Å²) in [6.45, 7) is 4.45. The van der Waals surface area contributed by atoms with Gasteiger partial charge in [0.05, 0.1) is 25.7 Å². The molecule has 1 aromatic heterocycles. The molecule has 0 amide bonds. The van der Waals surface area contributed by atoms with Crippen LogP contribution in [0.1, 0.15) is 50.3 Å². The van der Waals surface area contributed by atoms with E-state index in [1.807, 2.05) is 38.1 Å². The van der Waals surface area contributed by atoms with Gasteiger partial charge in [-0.3, -0.25) is 4.79 Å². The minimum absolute atomic E-state index is 0. The standard InChI is InChI=1S/C27H30FNO6.H2S/c1-16(2)14-34-27-24(29-35-26(27)22-12-19(32-3)9-10-23(22)28)15-33-20-6-4-5-18(11-20)21(13-25(30)31)17-7-8-17;/h4-6,9-12,16-17,21H,7-8,13-15H2,1-3H3,(H,30,31);1H2/t21-;/m0./s1. The maximum absolute atomic E-state index is 14.6. The number of methoxy groups -OCH3 is 1. The number of benzene rings is 2. The number of aliphatic carboxylic acids is 1. The number of halogens is 1. The molecule has 0 radical (unpaired) electrons. The van der Waals surface area contributed by atoms with Crippen molar-refractivity contribution in [2.75, 3.05) is 13.7 Å². The molecule has 2 aromatic carbocycles. The molecule has 0 unspecified atom stereocenters. The Morgan fingerprint density at radius 3 is 2.61 bits per heavy atom. The second-order valence-corrected chi connectivity index (χ2v) is 9.24. The second-order valence-electron chi connectivity index (χ2n) is 9.24. The molecule has 0 saturated heterocycles. The molecule has 1 fully saturated rings. The van der Waals surface area contributed by atoms with Gasteiger partial charge in [0.25, 0.3) is 0 Å². The van der Waals surface area contributed by atoms with E-state index in [9.17, 15) is 14.3 Å². The third-order valence-corrected chi connectivity index (χ3v) is 5.94. The van der Waals surface area contributed by atoms with Crippen molar-refractivity contribution in [1.29, 1.82) is 0 Å². The molecular weight excluding hydrogens is 485 g/mol. The second kappa shape index (κ2) is 12.2. The summed E-state index contributed by atoms with van der Waals surface area (Å²) in [5.74, 6) is 0.865. The van der Waals surface area contributed by atoms with Gasteiger partial charge >= 0.3 is 5.97 Å². The van der Waals surface area contributed by atoms with Gasteiger partial charge in [0.2, 0.25) is 5.76 Å². The van der Waals surface area contributed by atoms with Crippen molar-refractivity contribution >= 4 is 19.5 Å². The van der Waals surface area contributed by atoms with Crippen LogP contribution in [0.4, 0.5) is 4.39 Å². The summed E-state index contributed by atoms with van der Waals surface area (Å²) in [5, 5.41) is 13.4. The van der Waals surface area contributed by atoms with Gasteiger partial charge in [-0.25, -0.2) is 4.39 Å². The van der Waals surface area contributed by atoms with E-state index >= 15 is 0 Å². The molecule has 7 nitrogen and oxygen atoms in total. The molecule has 4 rings (SSSR count). The highest BCUT2D eigenvalue weighted by molar-refractivity contribution is 7.59. The van der Waals surface area contributed by atoms with E-state index in [0.717, 1.165) is 18.4 Å². The molecule has 1 aliphatic rings. The highest BCUT2D eigenvalue weighted by Gasteiger charge is 2.34. The molecule has 36 heavy (non-hydrogen) atoms. The van der Waals surface area contributed by atoms with E-state index in [0.29, 0.717) is 35.5 Å². The van der Waals surface area contributed by atoms with Crippen molar-refractivity contribution in [1.82, 2.24) is 5.16 Å². The number of hydrogen-bond acceptors (Lipinski definition) is 6. The number of carboxylic acids is 1. The maximum Gasteiger partial charge on any atom is 0.303 e. The number of aromatic nitrogens is 1. The molecule has 9 heteroatoms. The Bertz CT molecular complexity index is 1180. The molecule has 1 aliphatic carbocycles. The zero-order valence-corrected chi connectivity index (χ0v) is 21.6. The van der Waals surface area contributed by atoms with E-state index in [-0.39, 0.29) is 49.7 Å². The molecule has 1 atom stereocenters. The Morgan fingerprint density at radius 1 is 1.17 bits per heavy atom. The van der Waals surface area contributed by atoms with Crippen LogP contribution in [-0.4, -0.2) is 29.9 Å². The number of rotatable bonds is 12. The summed E-state index contributed by atoms with van der Waals surface area (Å²) >= 11 is 0. The van der Waals surface area contributed by atoms with Crippen LogP contribution in [-0.2, 0) is 11.4 Å². The van der Waals surface area contributed by atoms with Gasteiger partial charge in [-0.2, -0.15) is 13.5 Å². The van der Waals surface area contributed by atoms with Crippen LogP contribution < -0.4 is 14.2 Å². The quantitative estimate of drug-likeness (QED) is 0.307. The van der Waals surface area contributed by atoms with Crippen molar-refractivity contribution in [3.05, 3.63) is 59.5 Å². The number of nitrogens with zero attached hydrogens (tertiary/aromatic N) is 1. The van der Waals surface area contributed by atoms with Crippen LogP contribution in [0.2, 0.25) is 0 Å². The van der Waals surface area contributed by atoms with Crippen LogP contribution in [0.5, 0.6) is 17.2 Å². The summed E-state index contributed by atoms with van der Waals surface area (Å²) in [5.41, 5.74) is 1.53. The monoisotopic (exact) mass is 517 g/mol. The average molecular weight is 518 g/mol. The molecule has 0 aliphatic heterocycles. The van der Waals surface area contributed by atoms with Gasteiger partial charge < -0.3 is 23.8 Å². The van der Waals surface area contributed by atoms with E-state index < -0.39 is 11.8 Å². The highest BCUT2D eigenvalue weighted by atomic mass is 32.1. The first kappa shape index (κ1) is 27.4. The Kier molecular flexibility index (Phi) is 9.25. The number of hydrogen-bond donors (Lipinski definition) is 1. The minimum atomic E-state index is -0.805. The van der Waals surface area contributed by atoms with Crippen molar-refractivity contribution < 1.29 is 33.0 Å². The summed E-state index contributed by atoms with van der Waals surface area (Å²) in [6, 6.07) is 11.9. The molecule has 0 spiro atoms. The lowest BCUT2D eigenvalue weighted by Gasteiger charge is -2.16. The number of carboxylic acid groups (broad SMARTS) is 1. The highest BCUT2D eigenvalue weighted by Crippen LogP contribution is 2.45. The fourth-order valence-electron chi connectivity index (χ4n) is 4.01. The fraction of sp³-hybridized carbons (Fsp3) is 0.407. The van der Waals surface area contributed by atoms with E-state index in [2.05, 4.69) is 5.16 Å². The van der Waals surface area contributed by atoms with Gasteiger partial charge in [-0.15, -0.1) is 0 Å². The lowest BCUT2D eigenvalue weighted by molar-refractivity contribution is -0.137. The normalized spacial score (nSPS) is 13.7. The zero-order chi connectivity index (χ0) is 24.9. The molecule has 0 bridgehead atoms. The molecule has 3 aromatic rings. The van der Waals surface area contributed by atoms with Crippen LogP contribution in [0.25, 0.3) is 11.3 Å². The first-order chi connectivity index (χ1) is 16.9. The zero-order valence-electron chi connectivity index (χ0n) is 20.6. The van der Waals surface area contributed by atoms with E-state index in [1.165, 1.54) is 25.3 Å². The summed E-state index contributed by atoms with van der Waals surface area (Å²) < 4.78 is 37.3. The van der Waals surface area contributed by atoms with E-state index in [4.69, 9.17) is 18.7 Å². The van der Waals surface area contributed by atoms with E-state index in [1.54, 1.807) is 0 Å². The van der Waals surface area contributed by atoms with Crippen molar-refractivity contribution in [2.45, 2.75) is 45.6 Å². The molecule has 1 saturated carbocycles. The Hall–Kier alpha value is -3.20.